The van der Waals surface area contributed by atoms with Crippen LogP contribution in [0.1, 0.15) is 65.8 Å². The number of hydrogen-bond acceptors (Lipinski definition) is 4. The van der Waals surface area contributed by atoms with Gasteiger partial charge in [-0.1, -0.05) is 31.4 Å². The van der Waals surface area contributed by atoms with E-state index in [-0.39, 0.29) is 12.5 Å². The second-order valence-corrected chi connectivity index (χ2v) is 8.00. The maximum Gasteiger partial charge on any atom is 0.251 e. The molecule has 2 aliphatic rings. The van der Waals surface area contributed by atoms with Gasteiger partial charge >= 0.3 is 0 Å². The Morgan fingerprint density at radius 3 is 2.64 bits per heavy atom. The minimum atomic E-state index is -0.114. The Bertz CT molecular complexity index is 793. The molecule has 1 aromatic heterocycles. The molecule has 2 N–H and O–H groups in total. The Balaban J connectivity index is 1.37. The van der Waals surface area contributed by atoms with Gasteiger partial charge in [-0.05, 0) is 43.0 Å². The predicted molar refractivity (Wildman–Crippen MR) is 108 cm³/mol. The van der Waals surface area contributed by atoms with E-state index in [1.54, 1.807) is 24.3 Å². The molecular formula is C22H30N4O2. The second kappa shape index (κ2) is 8.88. The zero-order valence-electron chi connectivity index (χ0n) is 16.4. The number of nitrogens with zero attached hydrogens (tertiary/aromatic N) is 3. The summed E-state index contributed by atoms with van der Waals surface area (Å²) in [4.78, 5) is 15.0. The average molecular weight is 383 g/mol. The van der Waals surface area contributed by atoms with Crippen LogP contribution >= 0.6 is 0 Å². The molecule has 1 aromatic carbocycles. The summed E-state index contributed by atoms with van der Waals surface area (Å²) in [6.45, 7) is 3.50. The van der Waals surface area contributed by atoms with Gasteiger partial charge in [0.25, 0.3) is 5.91 Å². The highest BCUT2D eigenvalue weighted by atomic mass is 16.3. The predicted octanol–water partition coefficient (Wildman–Crippen LogP) is 2.84. The summed E-state index contributed by atoms with van der Waals surface area (Å²) in [5.41, 5.74) is 3.58. The molecule has 1 amide bonds. The van der Waals surface area contributed by atoms with Crippen molar-refractivity contribution in [3.05, 3.63) is 52.8 Å². The molecule has 2 heterocycles. The first-order valence-corrected chi connectivity index (χ1v) is 10.5. The van der Waals surface area contributed by atoms with E-state index in [4.69, 9.17) is 10.2 Å². The number of aromatic nitrogens is 2. The van der Waals surface area contributed by atoms with Crippen LogP contribution in [0, 0.1) is 0 Å². The van der Waals surface area contributed by atoms with E-state index in [1.165, 1.54) is 37.8 Å². The molecule has 1 saturated carbocycles. The molecule has 28 heavy (non-hydrogen) atoms. The molecule has 0 radical (unpaired) electrons. The maximum absolute atomic E-state index is 12.4. The molecule has 2 aromatic rings. The Hall–Kier alpha value is -2.18. The van der Waals surface area contributed by atoms with Crippen molar-refractivity contribution in [1.82, 2.24) is 20.0 Å². The van der Waals surface area contributed by atoms with E-state index in [1.807, 2.05) is 0 Å². The third kappa shape index (κ3) is 4.45. The molecule has 0 spiro atoms. The summed E-state index contributed by atoms with van der Waals surface area (Å²) in [6, 6.07) is 9.90. The largest absolute Gasteiger partial charge is 0.392 e. The summed E-state index contributed by atoms with van der Waals surface area (Å²) in [5.74, 6) is -0.114. The van der Waals surface area contributed by atoms with E-state index in [9.17, 15) is 4.79 Å². The van der Waals surface area contributed by atoms with E-state index in [0.29, 0.717) is 12.1 Å². The maximum atomic E-state index is 12.4. The lowest BCUT2D eigenvalue weighted by atomic mass is 9.94. The van der Waals surface area contributed by atoms with Gasteiger partial charge in [-0.2, -0.15) is 5.10 Å². The molecular weight excluding hydrogens is 352 g/mol. The van der Waals surface area contributed by atoms with E-state index >= 15 is 0 Å². The number of nitrogens with one attached hydrogen (secondary N) is 1. The number of aliphatic hydroxyl groups excluding tert-OH is 1. The number of fused-ring (bicyclic) bond motifs is 1. The van der Waals surface area contributed by atoms with E-state index in [2.05, 4.69) is 21.0 Å². The minimum absolute atomic E-state index is 0.0139. The van der Waals surface area contributed by atoms with Crippen LogP contribution in [0.15, 0.2) is 30.3 Å². The molecule has 0 saturated heterocycles. The minimum Gasteiger partial charge on any atom is -0.392 e. The quantitative estimate of drug-likeness (QED) is 0.834. The SMILES string of the molecule is O=C(NCc1cc2n(n1)CCCN(C1CCCCC1)C2)c1ccc(CO)cc1. The molecule has 6 heteroatoms. The van der Waals surface area contributed by atoms with Crippen LogP contribution < -0.4 is 5.32 Å². The van der Waals surface area contributed by atoms with Crippen LogP contribution in [0.2, 0.25) is 0 Å². The van der Waals surface area contributed by atoms with Crippen molar-refractivity contribution < 1.29 is 9.90 Å². The Morgan fingerprint density at radius 2 is 1.89 bits per heavy atom. The normalized spacial score (nSPS) is 18.5. The fourth-order valence-electron chi connectivity index (χ4n) is 4.43. The Kier molecular flexibility index (Phi) is 6.07. The van der Waals surface area contributed by atoms with Crippen LogP contribution in [0.4, 0.5) is 0 Å². The number of aryl methyl sites for hydroxylation is 1. The van der Waals surface area contributed by atoms with Gasteiger partial charge in [0.15, 0.2) is 0 Å². The van der Waals surface area contributed by atoms with Gasteiger partial charge in [0, 0.05) is 31.2 Å². The smallest absolute Gasteiger partial charge is 0.251 e. The molecule has 1 aliphatic heterocycles. The molecule has 1 fully saturated rings. The number of carbonyl (C=O) groups is 1. The van der Waals surface area contributed by atoms with Gasteiger partial charge in [-0.25, -0.2) is 0 Å². The third-order valence-electron chi connectivity index (χ3n) is 6.01. The summed E-state index contributed by atoms with van der Waals surface area (Å²) < 4.78 is 2.13. The highest BCUT2D eigenvalue weighted by Crippen LogP contribution is 2.26. The lowest BCUT2D eigenvalue weighted by molar-refractivity contribution is 0.0950. The van der Waals surface area contributed by atoms with Gasteiger partial charge in [-0.3, -0.25) is 14.4 Å². The summed E-state index contributed by atoms with van der Waals surface area (Å²) >= 11 is 0. The zero-order chi connectivity index (χ0) is 19.3. The number of benzene rings is 1. The summed E-state index contributed by atoms with van der Waals surface area (Å²) in [6.07, 6.45) is 7.88. The fraction of sp³-hybridized carbons (Fsp3) is 0.545. The van der Waals surface area contributed by atoms with Crippen molar-refractivity contribution in [3.63, 3.8) is 0 Å². The number of carbonyl (C=O) groups excluding carboxylic acids is 1. The van der Waals surface area contributed by atoms with Crippen LogP contribution in [-0.4, -0.2) is 38.3 Å². The first-order valence-electron chi connectivity index (χ1n) is 10.5. The summed E-state index contributed by atoms with van der Waals surface area (Å²) in [7, 11) is 0. The van der Waals surface area contributed by atoms with Gasteiger partial charge in [-0.15, -0.1) is 0 Å². The van der Waals surface area contributed by atoms with Crippen molar-refractivity contribution in [2.75, 3.05) is 6.54 Å². The first kappa shape index (κ1) is 19.2. The van der Waals surface area contributed by atoms with Gasteiger partial charge in [0.2, 0.25) is 0 Å². The Morgan fingerprint density at radius 1 is 1.11 bits per heavy atom. The highest BCUT2D eigenvalue weighted by Gasteiger charge is 2.24. The fourth-order valence-corrected chi connectivity index (χ4v) is 4.43. The highest BCUT2D eigenvalue weighted by molar-refractivity contribution is 5.94. The molecule has 0 atom stereocenters. The van der Waals surface area contributed by atoms with Gasteiger partial charge in [0.05, 0.1) is 24.5 Å². The van der Waals surface area contributed by atoms with Crippen molar-refractivity contribution in [3.8, 4) is 0 Å². The molecule has 0 unspecified atom stereocenters. The van der Waals surface area contributed by atoms with E-state index < -0.39 is 0 Å². The zero-order valence-corrected chi connectivity index (χ0v) is 16.4. The first-order chi connectivity index (χ1) is 13.7. The van der Waals surface area contributed by atoms with Crippen LogP contribution in [0.3, 0.4) is 0 Å². The topological polar surface area (TPSA) is 70.4 Å². The molecule has 4 rings (SSSR count). The molecule has 1 aliphatic carbocycles. The van der Waals surface area contributed by atoms with Crippen molar-refractivity contribution in [2.24, 2.45) is 0 Å². The number of amides is 1. The molecule has 0 bridgehead atoms. The lowest BCUT2D eigenvalue weighted by Gasteiger charge is -2.33. The van der Waals surface area contributed by atoms with E-state index in [0.717, 1.165) is 43.4 Å². The molecule has 150 valence electrons. The Labute approximate surface area is 166 Å². The van der Waals surface area contributed by atoms with Gasteiger partial charge in [0.1, 0.15) is 0 Å². The van der Waals surface area contributed by atoms with Crippen molar-refractivity contribution >= 4 is 5.91 Å². The number of aliphatic hydroxyl groups is 1. The number of hydrogen-bond donors (Lipinski definition) is 2. The van der Waals surface area contributed by atoms with Crippen LogP contribution in [-0.2, 0) is 26.2 Å². The molecule has 6 nitrogen and oxygen atoms in total. The number of rotatable bonds is 5. The average Bonchev–Trinajstić information content (AvgIpc) is 3.02. The van der Waals surface area contributed by atoms with Crippen LogP contribution in [0.5, 0.6) is 0 Å². The second-order valence-electron chi connectivity index (χ2n) is 8.00. The van der Waals surface area contributed by atoms with Gasteiger partial charge < -0.3 is 10.4 Å². The summed E-state index contributed by atoms with van der Waals surface area (Å²) in [5, 5.41) is 16.8. The lowest BCUT2D eigenvalue weighted by Crippen LogP contribution is -2.36. The standard InChI is InChI=1S/C22H30N4O2/c27-16-17-7-9-18(10-8-17)22(28)23-14-19-13-21-15-25(11-4-12-26(21)24-19)20-5-2-1-3-6-20/h7-10,13,20,27H,1-6,11-12,14-16H2,(H,23,28). The monoisotopic (exact) mass is 382 g/mol. The third-order valence-corrected chi connectivity index (χ3v) is 6.01. The van der Waals surface area contributed by atoms with Crippen molar-refractivity contribution in [2.45, 2.75) is 70.8 Å². The van der Waals surface area contributed by atoms with Crippen LogP contribution in [0.25, 0.3) is 0 Å². The van der Waals surface area contributed by atoms with Crippen molar-refractivity contribution in [1.29, 1.82) is 0 Å².